The summed E-state index contributed by atoms with van der Waals surface area (Å²) in [7, 11) is 0. The SMILES string of the molecule is CCCCOC(=O)C(C(=O)O)C(C)N. The number of ether oxygens (including phenoxy) is 1. The van der Waals surface area contributed by atoms with Crippen LogP contribution in [0.5, 0.6) is 0 Å². The van der Waals surface area contributed by atoms with Crippen LogP contribution in [0, 0.1) is 5.92 Å². The lowest BCUT2D eigenvalue weighted by molar-refractivity contribution is -0.159. The second kappa shape index (κ2) is 6.37. The second-order valence-electron chi connectivity index (χ2n) is 3.20. The third-order valence-corrected chi connectivity index (χ3v) is 1.79. The second-order valence-corrected chi connectivity index (χ2v) is 3.20. The summed E-state index contributed by atoms with van der Waals surface area (Å²) < 4.78 is 4.77. The summed E-state index contributed by atoms with van der Waals surface area (Å²) in [6.45, 7) is 3.68. The number of carbonyl (C=O) groups is 2. The normalized spacial score (nSPS) is 14.5. The zero-order chi connectivity index (χ0) is 11.1. The summed E-state index contributed by atoms with van der Waals surface area (Å²) in [5, 5.41) is 8.69. The molecule has 0 rings (SSSR count). The molecule has 2 unspecified atom stereocenters. The van der Waals surface area contributed by atoms with Gasteiger partial charge in [0.15, 0.2) is 5.92 Å². The molecule has 0 aliphatic heterocycles. The topological polar surface area (TPSA) is 89.6 Å². The lowest BCUT2D eigenvalue weighted by Gasteiger charge is -2.14. The first-order chi connectivity index (χ1) is 6.50. The fourth-order valence-corrected chi connectivity index (χ4v) is 0.947. The van der Waals surface area contributed by atoms with Crippen LogP contribution >= 0.6 is 0 Å². The molecule has 0 aromatic carbocycles. The monoisotopic (exact) mass is 203 g/mol. The highest BCUT2D eigenvalue weighted by Crippen LogP contribution is 2.05. The van der Waals surface area contributed by atoms with E-state index in [4.69, 9.17) is 15.6 Å². The first-order valence-electron chi connectivity index (χ1n) is 4.65. The van der Waals surface area contributed by atoms with E-state index >= 15 is 0 Å². The van der Waals surface area contributed by atoms with Gasteiger partial charge in [-0.25, -0.2) is 0 Å². The Bertz CT molecular complexity index is 203. The summed E-state index contributed by atoms with van der Waals surface area (Å²) in [5.74, 6) is -3.24. The molecular formula is C9H17NO4. The molecule has 0 saturated carbocycles. The highest BCUT2D eigenvalue weighted by molar-refractivity contribution is 5.94. The smallest absolute Gasteiger partial charge is 0.321 e. The lowest BCUT2D eigenvalue weighted by atomic mass is 10.0. The van der Waals surface area contributed by atoms with Crippen LogP contribution in [-0.4, -0.2) is 29.7 Å². The van der Waals surface area contributed by atoms with E-state index in [1.807, 2.05) is 6.92 Å². The molecule has 0 aliphatic carbocycles. The van der Waals surface area contributed by atoms with Crippen molar-refractivity contribution in [2.75, 3.05) is 6.61 Å². The van der Waals surface area contributed by atoms with Crippen LogP contribution in [0.4, 0.5) is 0 Å². The molecule has 0 bridgehead atoms. The Labute approximate surface area is 83.2 Å². The number of carbonyl (C=O) groups excluding carboxylic acids is 1. The van der Waals surface area contributed by atoms with Crippen molar-refractivity contribution in [1.29, 1.82) is 0 Å². The van der Waals surface area contributed by atoms with E-state index in [0.29, 0.717) is 0 Å². The Morgan fingerprint density at radius 1 is 1.50 bits per heavy atom. The summed E-state index contributed by atoms with van der Waals surface area (Å²) in [6.07, 6.45) is 1.63. The number of carboxylic acids is 1. The van der Waals surface area contributed by atoms with Crippen molar-refractivity contribution in [3.8, 4) is 0 Å². The van der Waals surface area contributed by atoms with Crippen LogP contribution in [0.3, 0.4) is 0 Å². The van der Waals surface area contributed by atoms with E-state index in [1.165, 1.54) is 6.92 Å². The predicted molar refractivity (Wildman–Crippen MR) is 50.6 cm³/mol. The molecule has 2 atom stereocenters. The van der Waals surface area contributed by atoms with Gasteiger partial charge < -0.3 is 15.6 Å². The zero-order valence-corrected chi connectivity index (χ0v) is 8.53. The molecule has 14 heavy (non-hydrogen) atoms. The molecule has 0 fully saturated rings. The van der Waals surface area contributed by atoms with Gasteiger partial charge in [0.2, 0.25) is 0 Å². The fraction of sp³-hybridized carbons (Fsp3) is 0.778. The number of rotatable bonds is 6. The van der Waals surface area contributed by atoms with Crippen molar-refractivity contribution in [3.63, 3.8) is 0 Å². The van der Waals surface area contributed by atoms with E-state index in [0.717, 1.165) is 12.8 Å². The number of carboxylic acid groups (broad SMARTS) is 1. The largest absolute Gasteiger partial charge is 0.481 e. The van der Waals surface area contributed by atoms with Crippen LogP contribution in [-0.2, 0) is 14.3 Å². The minimum atomic E-state index is -1.26. The van der Waals surface area contributed by atoms with Crippen molar-refractivity contribution < 1.29 is 19.4 Å². The maximum atomic E-state index is 11.2. The third kappa shape index (κ3) is 4.23. The van der Waals surface area contributed by atoms with Gasteiger partial charge in [0, 0.05) is 6.04 Å². The molecule has 0 radical (unpaired) electrons. The summed E-state index contributed by atoms with van der Waals surface area (Å²) in [6, 6.07) is -0.735. The molecule has 0 heterocycles. The maximum Gasteiger partial charge on any atom is 0.321 e. The summed E-state index contributed by atoms with van der Waals surface area (Å²) >= 11 is 0. The molecule has 0 amide bonds. The standard InChI is InChI=1S/C9H17NO4/c1-3-4-5-14-9(13)7(6(2)10)8(11)12/h6-7H,3-5,10H2,1-2H3,(H,11,12). The Hall–Kier alpha value is -1.10. The zero-order valence-electron chi connectivity index (χ0n) is 8.53. The number of esters is 1. The van der Waals surface area contributed by atoms with Gasteiger partial charge in [-0.1, -0.05) is 13.3 Å². The molecule has 0 spiro atoms. The number of hydrogen-bond donors (Lipinski definition) is 2. The molecule has 0 aliphatic rings. The average molecular weight is 203 g/mol. The number of nitrogens with two attached hydrogens (primary N) is 1. The lowest BCUT2D eigenvalue weighted by Crippen LogP contribution is -2.39. The van der Waals surface area contributed by atoms with E-state index in [-0.39, 0.29) is 6.61 Å². The van der Waals surface area contributed by atoms with E-state index < -0.39 is 23.9 Å². The van der Waals surface area contributed by atoms with Gasteiger partial charge in [0.1, 0.15) is 0 Å². The maximum absolute atomic E-state index is 11.2. The van der Waals surface area contributed by atoms with Crippen LogP contribution in [0.15, 0.2) is 0 Å². The Morgan fingerprint density at radius 3 is 2.43 bits per heavy atom. The van der Waals surface area contributed by atoms with Gasteiger partial charge >= 0.3 is 11.9 Å². The summed E-state index contributed by atoms with van der Waals surface area (Å²) in [5.41, 5.74) is 5.36. The van der Waals surface area contributed by atoms with Gasteiger partial charge in [-0.05, 0) is 13.3 Å². The van der Waals surface area contributed by atoms with Crippen LogP contribution < -0.4 is 5.73 Å². The Balaban J connectivity index is 4.10. The molecule has 5 heteroatoms. The fourth-order valence-electron chi connectivity index (χ4n) is 0.947. The van der Waals surface area contributed by atoms with Crippen molar-refractivity contribution >= 4 is 11.9 Å². The highest BCUT2D eigenvalue weighted by atomic mass is 16.5. The first-order valence-corrected chi connectivity index (χ1v) is 4.65. The average Bonchev–Trinajstić information content (AvgIpc) is 2.03. The highest BCUT2D eigenvalue weighted by Gasteiger charge is 2.31. The van der Waals surface area contributed by atoms with Gasteiger partial charge in [-0.2, -0.15) is 0 Å². The Morgan fingerprint density at radius 2 is 2.07 bits per heavy atom. The van der Waals surface area contributed by atoms with Crippen LogP contribution in [0.25, 0.3) is 0 Å². The molecular weight excluding hydrogens is 186 g/mol. The summed E-state index contributed by atoms with van der Waals surface area (Å²) in [4.78, 5) is 21.9. The number of hydrogen-bond acceptors (Lipinski definition) is 4. The molecule has 5 nitrogen and oxygen atoms in total. The third-order valence-electron chi connectivity index (χ3n) is 1.79. The molecule has 3 N–H and O–H groups in total. The van der Waals surface area contributed by atoms with Crippen molar-refractivity contribution in [2.45, 2.75) is 32.7 Å². The first kappa shape index (κ1) is 12.9. The van der Waals surface area contributed by atoms with Gasteiger partial charge in [-0.3, -0.25) is 9.59 Å². The van der Waals surface area contributed by atoms with Crippen molar-refractivity contribution in [1.82, 2.24) is 0 Å². The molecule has 0 aromatic heterocycles. The quantitative estimate of drug-likeness (QED) is 0.370. The molecule has 82 valence electrons. The van der Waals surface area contributed by atoms with Crippen molar-refractivity contribution in [2.24, 2.45) is 11.7 Å². The van der Waals surface area contributed by atoms with Crippen LogP contribution in [0.2, 0.25) is 0 Å². The molecule has 0 aromatic rings. The minimum absolute atomic E-state index is 0.256. The van der Waals surface area contributed by atoms with Crippen LogP contribution in [0.1, 0.15) is 26.7 Å². The van der Waals surface area contributed by atoms with Crippen molar-refractivity contribution in [3.05, 3.63) is 0 Å². The van der Waals surface area contributed by atoms with E-state index in [1.54, 1.807) is 0 Å². The van der Waals surface area contributed by atoms with Gasteiger partial charge in [0.05, 0.1) is 6.61 Å². The van der Waals surface area contributed by atoms with E-state index in [2.05, 4.69) is 0 Å². The number of aliphatic carboxylic acids is 1. The minimum Gasteiger partial charge on any atom is -0.481 e. The van der Waals surface area contributed by atoms with E-state index in [9.17, 15) is 9.59 Å². The predicted octanol–water partition coefficient (Wildman–Crippen LogP) is 0.378. The van der Waals surface area contributed by atoms with Gasteiger partial charge in [-0.15, -0.1) is 0 Å². The van der Waals surface area contributed by atoms with Gasteiger partial charge in [0.25, 0.3) is 0 Å². The Kier molecular flexibility index (Phi) is 5.87. The number of unbranched alkanes of at least 4 members (excludes halogenated alkanes) is 1. The molecule has 0 saturated heterocycles.